The van der Waals surface area contributed by atoms with Gasteiger partial charge >= 0.3 is 6.03 Å². The molecule has 0 aromatic heterocycles. The smallest absolute Gasteiger partial charge is 0.323 e. The van der Waals surface area contributed by atoms with Crippen LogP contribution in [0.2, 0.25) is 0 Å². The van der Waals surface area contributed by atoms with Gasteiger partial charge in [0.15, 0.2) is 0 Å². The monoisotopic (exact) mass is 418 g/mol. The van der Waals surface area contributed by atoms with Crippen LogP contribution in [0.1, 0.15) is 31.4 Å². The maximum atomic E-state index is 12.3. The summed E-state index contributed by atoms with van der Waals surface area (Å²) in [5.41, 5.74) is 7.92. The topological polar surface area (TPSA) is 105 Å². The largest absolute Gasteiger partial charge is 0.364 e. The molecule has 0 saturated carbocycles. The molecule has 3 atom stereocenters. The number of hydrogen-bond acceptors (Lipinski definition) is 4. The number of nitrogens with one attached hydrogen (secondary N) is 3. The Morgan fingerprint density at radius 2 is 1.66 bits per heavy atom. The lowest BCUT2D eigenvalue weighted by Gasteiger charge is -2.18. The molecule has 1 aliphatic rings. The third-order valence-corrected chi connectivity index (χ3v) is 4.72. The number of hydrogen-bond donors (Lipinski definition) is 4. The Morgan fingerprint density at radius 3 is 2.24 bits per heavy atom. The van der Waals surface area contributed by atoms with Crippen molar-refractivity contribution in [1.29, 1.82) is 0 Å². The number of carbonyl (C=O) groups is 2. The van der Waals surface area contributed by atoms with Gasteiger partial charge in [-0.1, -0.05) is 30.3 Å². The molecule has 1 fully saturated rings. The van der Waals surface area contributed by atoms with Crippen molar-refractivity contribution in [2.75, 3.05) is 17.2 Å². The van der Waals surface area contributed by atoms with Crippen molar-refractivity contribution >= 4 is 35.7 Å². The minimum Gasteiger partial charge on any atom is -0.364 e. The third kappa shape index (κ3) is 6.45. The van der Waals surface area contributed by atoms with Crippen LogP contribution in [0.5, 0.6) is 0 Å². The van der Waals surface area contributed by atoms with Gasteiger partial charge in [0.05, 0.1) is 12.1 Å². The van der Waals surface area contributed by atoms with E-state index in [2.05, 4.69) is 16.0 Å². The highest BCUT2D eigenvalue weighted by Crippen LogP contribution is 2.21. The number of ether oxygens (including phenoxy) is 1. The van der Waals surface area contributed by atoms with E-state index in [0.29, 0.717) is 18.7 Å². The molecular formula is C21H27ClN4O3. The summed E-state index contributed by atoms with van der Waals surface area (Å²) in [6.45, 7) is 2.35. The van der Waals surface area contributed by atoms with Crippen LogP contribution in [0, 0.1) is 0 Å². The number of urea groups is 1. The minimum absolute atomic E-state index is 0. The van der Waals surface area contributed by atoms with Crippen LogP contribution < -0.4 is 21.7 Å². The normalized spacial score (nSPS) is 19.0. The standard InChI is InChI=1S/C21H26N4O3.ClH/c1-14(23-20(26)19-12-11-18(13-22)28-19)15-7-9-17(10-8-15)25-21(27)24-16-5-3-2-4-6-16;/h2-10,14,18-19H,11-13,22H2,1H3,(H,23,26)(H2,24,25,27);1H/t14?,18-,19+;/m1./s1. The summed E-state index contributed by atoms with van der Waals surface area (Å²) in [4.78, 5) is 24.4. The number of carbonyl (C=O) groups excluding carboxylic acids is 2. The van der Waals surface area contributed by atoms with E-state index in [1.54, 1.807) is 12.1 Å². The molecule has 2 aromatic rings. The van der Waals surface area contributed by atoms with E-state index in [1.807, 2.05) is 49.4 Å². The quantitative estimate of drug-likeness (QED) is 0.576. The van der Waals surface area contributed by atoms with Crippen molar-refractivity contribution in [3.8, 4) is 0 Å². The average molecular weight is 419 g/mol. The van der Waals surface area contributed by atoms with Gasteiger partial charge in [0.25, 0.3) is 0 Å². The highest BCUT2D eigenvalue weighted by molar-refractivity contribution is 5.99. The molecule has 3 rings (SSSR count). The predicted molar refractivity (Wildman–Crippen MR) is 116 cm³/mol. The second kappa shape index (κ2) is 10.8. The van der Waals surface area contributed by atoms with E-state index in [4.69, 9.17) is 10.5 Å². The molecular weight excluding hydrogens is 392 g/mol. The van der Waals surface area contributed by atoms with Gasteiger partial charge in [0.2, 0.25) is 5.91 Å². The number of benzene rings is 2. The lowest BCUT2D eigenvalue weighted by Crippen LogP contribution is -2.37. The van der Waals surface area contributed by atoms with Gasteiger partial charge in [0.1, 0.15) is 6.10 Å². The van der Waals surface area contributed by atoms with E-state index < -0.39 is 6.10 Å². The number of para-hydroxylation sites is 1. The second-order valence-electron chi connectivity index (χ2n) is 6.86. The molecule has 3 amide bonds. The highest BCUT2D eigenvalue weighted by Gasteiger charge is 2.30. The van der Waals surface area contributed by atoms with Gasteiger partial charge < -0.3 is 26.4 Å². The molecule has 1 heterocycles. The molecule has 29 heavy (non-hydrogen) atoms. The van der Waals surface area contributed by atoms with Crippen molar-refractivity contribution in [1.82, 2.24) is 5.32 Å². The van der Waals surface area contributed by atoms with Crippen LogP contribution >= 0.6 is 12.4 Å². The fourth-order valence-corrected chi connectivity index (χ4v) is 3.13. The van der Waals surface area contributed by atoms with E-state index >= 15 is 0 Å². The Bertz CT molecular complexity index is 801. The number of halogens is 1. The number of amides is 3. The summed E-state index contributed by atoms with van der Waals surface area (Å²) in [7, 11) is 0. The summed E-state index contributed by atoms with van der Waals surface area (Å²) < 4.78 is 5.63. The Hall–Kier alpha value is -2.61. The summed E-state index contributed by atoms with van der Waals surface area (Å²) >= 11 is 0. The number of nitrogens with two attached hydrogens (primary N) is 1. The van der Waals surface area contributed by atoms with Gasteiger partial charge in [-0.05, 0) is 49.6 Å². The van der Waals surface area contributed by atoms with Crippen LogP contribution in [0.4, 0.5) is 16.2 Å². The zero-order chi connectivity index (χ0) is 19.9. The summed E-state index contributed by atoms with van der Waals surface area (Å²) in [6, 6.07) is 16.1. The van der Waals surface area contributed by atoms with Gasteiger partial charge in [-0.2, -0.15) is 0 Å². The van der Waals surface area contributed by atoms with Crippen LogP contribution in [-0.2, 0) is 9.53 Å². The molecule has 5 N–H and O–H groups in total. The lowest BCUT2D eigenvalue weighted by molar-refractivity contribution is -0.132. The van der Waals surface area contributed by atoms with E-state index in [1.165, 1.54) is 0 Å². The van der Waals surface area contributed by atoms with Gasteiger partial charge in [0, 0.05) is 17.9 Å². The van der Waals surface area contributed by atoms with Crippen molar-refractivity contribution in [3.63, 3.8) is 0 Å². The Balaban J connectivity index is 0.00000300. The lowest BCUT2D eigenvalue weighted by atomic mass is 10.1. The summed E-state index contributed by atoms with van der Waals surface area (Å²) in [5, 5.41) is 8.52. The van der Waals surface area contributed by atoms with Crippen molar-refractivity contribution < 1.29 is 14.3 Å². The predicted octanol–water partition coefficient (Wildman–Crippen LogP) is 3.44. The molecule has 8 heteroatoms. The fraction of sp³-hybridized carbons (Fsp3) is 0.333. The molecule has 1 saturated heterocycles. The fourth-order valence-electron chi connectivity index (χ4n) is 3.13. The first-order valence-corrected chi connectivity index (χ1v) is 9.44. The maximum Gasteiger partial charge on any atom is 0.323 e. The molecule has 1 unspecified atom stereocenters. The molecule has 2 aromatic carbocycles. The Morgan fingerprint density at radius 1 is 1.03 bits per heavy atom. The second-order valence-corrected chi connectivity index (χ2v) is 6.86. The molecule has 7 nitrogen and oxygen atoms in total. The van der Waals surface area contributed by atoms with Crippen LogP contribution in [-0.4, -0.2) is 30.7 Å². The van der Waals surface area contributed by atoms with E-state index in [0.717, 1.165) is 17.7 Å². The number of anilines is 2. The summed E-state index contributed by atoms with van der Waals surface area (Å²) in [5.74, 6) is -0.118. The number of rotatable bonds is 6. The minimum atomic E-state index is -0.432. The highest BCUT2D eigenvalue weighted by atomic mass is 35.5. The first-order valence-electron chi connectivity index (χ1n) is 9.44. The van der Waals surface area contributed by atoms with Crippen LogP contribution in [0.25, 0.3) is 0 Å². The molecule has 0 radical (unpaired) electrons. The van der Waals surface area contributed by atoms with E-state index in [9.17, 15) is 9.59 Å². The first kappa shape index (κ1) is 22.7. The average Bonchev–Trinajstić information content (AvgIpc) is 3.18. The third-order valence-electron chi connectivity index (χ3n) is 4.72. The maximum absolute atomic E-state index is 12.3. The van der Waals surface area contributed by atoms with Gasteiger partial charge in [-0.3, -0.25) is 4.79 Å². The Labute approximate surface area is 176 Å². The van der Waals surface area contributed by atoms with Crippen LogP contribution in [0.3, 0.4) is 0 Å². The zero-order valence-corrected chi connectivity index (χ0v) is 17.1. The van der Waals surface area contributed by atoms with Crippen molar-refractivity contribution in [2.24, 2.45) is 5.73 Å². The van der Waals surface area contributed by atoms with Crippen LogP contribution in [0.15, 0.2) is 54.6 Å². The Kier molecular flexibility index (Phi) is 8.45. The molecule has 1 aliphatic heterocycles. The molecule has 156 valence electrons. The van der Waals surface area contributed by atoms with Crippen molar-refractivity contribution in [3.05, 3.63) is 60.2 Å². The van der Waals surface area contributed by atoms with Crippen molar-refractivity contribution in [2.45, 2.75) is 38.0 Å². The zero-order valence-electron chi connectivity index (χ0n) is 16.3. The van der Waals surface area contributed by atoms with Gasteiger partial charge in [-0.15, -0.1) is 12.4 Å². The summed E-state index contributed by atoms with van der Waals surface area (Å²) in [6.07, 6.45) is 1.05. The van der Waals surface area contributed by atoms with E-state index in [-0.39, 0.29) is 36.5 Å². The SMILES string of the molecule is CC(NC(=O)[C@@H]1CC[C@H](CN)O1)c1ccc(NC(=O)Nc2ccccc2)cc1.Cl. The molecule has 0 spiro atoms. The van der Waals surface area contributed by atoms with Gasteiger partial charge in [-0.25, -0.2) is 4.79 Å². The molecule has 0 aliphatic carbocycles. The first-order chi connectivity index (χ1) is 13.5. The molecule has 0 bridgehead atoms.